The monoisotopic (exact) mass is 275 g/mol. The standard InChI is InChI=1S/C14H14FN3S/c15-12-8-11(14(16)19)3-4-13(12)18-7-5-10-2-1-6-17-9-10/h1-4,6,8-9,18H,5,7H2,(H2,16,19). The van der Waals surface area contributed by atoms with Crippen LogP contribution in [0.3, 0.4) is 0 Å². The third-order valence-corrected chi connectivity index (χ3v) is 2.94. The molecule has 0 saturated heterocycles. The van der Waals surface area contributed by atoms with Crippen LogP contribution in [0.1, 0.15) is 11.1 Å². The Kier molecular flexibility index (Phi) is 4.41. The first-order valence-corrected chi connectivity index (χ1v) is 6.30. The summed E-state index contributed by atoms with van der Waals surface area (Å²) in [6.45, 7) is 0.634. The fraction of sp³-hybridized carbons (Fsp3) is 0.143. The lowest BCUT2D eigenvalue weighted by atomic mass is 10.2. The molecule has 0 unspecified atom stereocenters. The number of thiocarbonyl (C=S) groups is 1. The fourth-order valence-corrected chi connectivity index (χ4v) is 1.83. The summed E-state index contributed by atoms with van der Waals surface area (Å²) in [5.74, 6) is -0.350. The Morgan fingerprint density at radius 2 is 2.21 bits per heavy atom. The number of hydrogen-bond acceptors (Lipinski definition) is 3. The Hall–Kier alpha value is -2.01. The highest BCUT2D eigenvalue weighted by Crippen LogP contribution is 2.15. The van der Waals surface area contributed by atoms with Crippen LogP contribution in [0.15, 0.2) is 42.7 Å². The highest BCUT2D eigenvalue weighted by molar-refractivity contribution is 7.80. The van der Waals surface area contributed by atoms with Crippen LogP contribution in [0.2, 0.25) is 0 Å². The van der Waals surface area contributed by atoms with E-state index in [1.807, 2.05) is 12.1 Å². The molecule has 98 valence electrons. The van der Waals surface area contributed by atoms with Crippen molar-refractivity contribution in [3.63, 3.8) is 0 Å². The zero-order valence-corrected chi connectivity index (χ0v) is 11.1. The van der Waals surface area contributed by atoms with E-state index in [1.54, 1.807) is 24.5 Å². The third kappa shape index (κ3) is 3.72. The van der Waals surface area contributed by atoms with Gasteiger partial charge in [-0.25, -0.2) is 4.39 Å². The summed E-state index contributed by atoms with van der Waals surface area (Å²) >= 11 is 4.80. The van der Waals surface area contributed by atoms with E-state index in [0.717, 1.165) is 12.0 Å². The molecular weight excluding hydrogens is 261 g/mol. The second kappa shape index (κ2) is 6.24. The average Bonchev–Trinajstić information content (AvgIpc) is 2.41. The molecule has 0 spiro atoms. The molecule has 0 bridgehead atoms. The van der Waals surface area contributed by atoms with Crippen molar-refractivity contribution < 1.29 is 4.39 Å². The van der Waals surface area contributed by atoms with Crippen molar-refractivity contribution >= 4 is 22.9 Å². The quantitative estimate of drug-likeness (QED) is 0.823. The van der Waals surface area contributed by atoms with E-state index in [2.05, 4.69) is 10.3 Å². The summed E-state index contributed by atoms with van der Waals surface area (Å²) in [6.07, 6.45) is 4.31. The lowest BCUT2D eigenvalue weighted by molar-refractivity contribution is 0.630. The summed E-state index contributed by atoms with van der Waals surface area (Å²) in [5.41, 5.74) is 7.53. The van der Waals surface area contributed by atoms with Gasteiger partial charge in [0.1, 0.15) is 10.8 Å². The van der Waals surface area contributed by atoms with Crippen LogP contribution in [0.5, 0.6) is 0 Å². The van der Waals surface area contributed by atoms with Gasteiger partial charge in [0.25, 0.3) is 0 Å². The number of hydrogen-bond donors (Lipinski definition) is 2. The molecule has 0 radical (unpaired) electrons. The van der Waals surface area contributed by atoms with Crippen LogP contribution in [0.4, 0.5) is 10.1 Å². The number of halogens is 1. The molecule has 0 aliphatic rings. The van der Waals surface area contributed by atoms with Crippen molar-refractivity contribution in [3.05, 3.63) is 59.7 Å². The first-order valence-electron chi connectivity index (χ1n) is 5.89. The van der Waals surface area contributed by atoms with E-state index in [9.17, 15) is 4.39 Å². The zero-order chi connectivity index (χ0) is 13.7. The van der Waals surface area contributed by atoms with Crippen LogP contribution in [0.25, 0.3) is 0 Å². The summed E-state index contributed by atoms with van der Waals surface area (Å²) < 4.78 is 13.7. The minimum absolute atomic E-state index is 0.195. The molecule has 3 N–H and O–H groups in total. The number of nitrogens with two attached hydrogens (primary N) is 1. The Balaban J connectivity index is 1.95. The molecule has 0 atom stereocenters. The Labute approximate surface area is 116 Å². The van der Waals surface area contributed by atoms with Crippen molar-refractivity contribution in [1.82, 2.24) is 4.98 Å². The number of nitrogens with zero attached hydrogens (tertiary/aromatic N) is 1. The molecule has 3 nitrogen and oxygen atoms in total. The van der Waals surface area contributed by atoms with Gasteiger partial charge in [-0.15, -0.1) is 0 Å². The Morgan fingerprint density at radius 1 is 1.37 bits per heavy atom. The van der Waals surface area contributed by atoms with Gasteiger partial charge >= 0.3 is 0 Å². The van der Waals surface area contributed by atoms with E-state index in [4.69, 9.17) is 18.0 Å². The maximum atomic E-state index is 13.7. The molecule has 1 aromatic carbocycles. The summed E-state index contributed by atoms with van der Waals surface area (Å²) in [4.78, 5) is 4.22. The molecule has 2 aromatic rings. The molecular formula is C14H14FN3S. The Morgan fingerprint density at radius 3 is 2.84 bits per heavy atom. The van der Waals surface area contributed by atoms with E-state index < -0.39 is 0 Å². The lowest BCUT2D eigenvalue weighted by Crippen LogP contribution is -2.11. The first-order chi connectivity index (χ1) is 9.16. The van der Waals surface area contributed by atoms with Crippen molar-refractivity contribution in [2.75, 3.05) is 11.9 Å². The van der Waals surface area contributed by atoms with Gasteiger partial charge in [-0.2, -0.15) is 0 Å². The minimum Gasteiger partial charge on any atom is -0.389 e. The van der Waals surface area contributed by atoms with Gasteiger partial charge in [-0.05, 0) is 36.2 Å². The summed E-state index contributed by atoms with van der Waals surface area (Å²) in [7, 11) is 0. The van der Waals surface area contributed by atoms with Gasteiger partial charge < -0.3 is 11.1 Å². The van der Waals surface area contributed by atoms with E-state index in [0.29, 0.717) is 17.8 Å². The second-order valence-corrected chi connectivity index (χ2v) is 4.54. The first kappa shape index (κ1) is 13.4. The lowest BCUT2D eigenvalue weighted by Gasteiger charge is -2.08. The van der Waals surface area contributed by atoms with Crippen molar-refractivity contribution in [1.29, 1.82) is 0 Å². The van der Waals surface area contributed by atoms with Gasteiger partial charge in [0.05, 0.1) is 5.69 Å². The van der Waals surface area contributed by atoms with E-state index >= 15 is 0 Å². The van der Waals surface area contributed by atoms with Crippen molar-refractivity contribution in [3.8, 4) is 0 Å². The van der Waals surface area contributed by atoms with Crippen LogP contribution in [-0.4, -0.2) is 16.5 Å². The third-order valence-electron chi connectivity index (χ3n) is 2.71. The molecule has 0 aliphatic heterocycles. The minimum atomic E-state index is -0.350. The molecule has 1 heterocycles. The SMILES string of the molecule is NC(=S)c1ccc(NCCc2cccnc2)c(F)c1. The number of anilines is 1. The second-order valence-electron chi connectivity index (χ2n) is 4.10. The predicted octanol–water partition coefficient (Wildman–Crippen LogP) is 2.51. The van der Waals surface area contributed by atoms with Gasteiger partial charge in [0.2, 0.25) is 0 Å². The maximum Gasteiger partial charge on any atom is 0.146 e. The molecule has 2 rings (SSSR count). The number of nitrogens with one attached hydrogen (secondary N) is 1. The summed E-state index contributed by atoms with van der Waals surface area (Å²) in [5, 5.41) is 3.04. The topological polar surface area (TPSA) is 50.9 Å². The molecule has 0 fully saturated rings. The maximum absolute atomic E-state index is 13.7. The van der Waals surface area contributed by atoms with Crippen LogP contribution >= 0.6 is 12.2 Å². The highest BCUT2D eigenvalue weighted by atomic mass is 32.1. The van der Waals surface area contributed by atoms with Crippen molar-refractivity contribution in [2.24, 2.45) is 5.73 Å². The predicted molar refractivity (Wildman–Crippen MR) is 78.7 cm³/mol. The average molecular weight is 275 g/mol. The van der Waals surface area contributed by atoms with Crippen LogP contribution in [0, 0.1) is 5.82 Å². The highest BCUT2D eigenvalue weighted by Gasteiger charge is 2.04. The van der Waals surface area contributed by atoms with Crippen molar-refractivity contribution in [2.45, 2.75) is 6.42 Å². The van der Waals surface area contributed by atoms with Gasteiger partial charge in [0, 0.05) is 24.5 Å². The smallest absolute Gasteiger partial charge is 0.146 e. The Bertz CT molecular complexity index is 572. The van der Waals surface area contributed by atoms with Crippen LogP contribution < -0.4 is 11.1 Å². The normalized spacial score (nSPS) is 10.2. The zero-order valence-electron chi connectivity index (χ0n) is 10.3. The number of benzene rings is 1. The van der Waals surface area contributed by atoms with E-state index in [-0.39, 0.29) is 10.8 Å². The largest absolute Gasteiger partial charge is 0.389 e. The molecule has 0 amide bonds. The van der Waals surface area contributed by atoms with E-state index in [1.165, 1.54) is 6.07 Å². The molecule has 19 heavy (non-hydrogen) atoms. The summed E-state index contributed by atoms with van der Waals surface area (Å²) in [6, 6.07) is 8.56. The van der Waals surface area contributed by atoms with Crippen LogP contribution in [-0.2, 0) is 6.42 Å². The fourth-order valence-electron chi connectivity index (χ4n) is 1.70. The number of rotatable bonds is 5. The molecule has 5 heteroatoms. The number of aromatic nitrogens is 1. The molecule has 1 aromatic heterocycles. The van der Waals surface area contributed by atoms with Gasteiger partial charge in [0.15, 0.2) is 0 Å². The number of pyridine rings is 1. The van der Waals surface area contributed by atoms with Gasteiger partial charge in [-0.3, -0.25) is 4.98 Å². The molecule has 0 aliphatic carbocycles. The van der Waals surface area contributed by atoms with Gasteiger partial charge in [-0.1, -0.05) is 18.3 Å². The molecule has 0 saturated carbocycles.